The molecule has 0 unspecified atom stereocenters. The lowest BCUT2D eigenvalue weighted by Crippen LogP contribution is -2.58. The third-order valence-corrected chi connectivity index (χ3v) is 8.15. The van der Waals surface area contributed by atoms with E-state index < -0.39 is 11.9 Å². The summed E-state index contributed by atoms with van der Waals surface area (Å²) in [7, 11) is 4.20. The summed E-state index contributed by atoms with van der Waals surface area (Å²) in [6.45, 7) is 2.52. The van der Waals surface area contributed by atoms with Crippen molar-refractivity contribution < 1.29 is 22.6 Å². The molecule has 202 valence electrons. The second kappa shape index (κ2) is 10.4. The number of anilines is 2. The van der Waals surface area contributed by atoms with Crippen LogP contribution in [0.3, 0.4) is 0 Å². The van der Waals surface area contributed by atoms with Gasteiger partial charge in [0.25, 0.3) is 0 Å². The molecule has 1 N–H and O–H groups in total. The standard InChI is InChI=1S/C26H35F3N6O2/c1-33(2)25(20-6-4-3-5-7-20)10-8-24(9-11-25)17-35(19-37-18-31-24)21-16-30-23(32-22(21)26(27,28)29)34-12-14-36-15-13-34/h3-7,16,31H,8-15,17-19H2,1-2H3. The fourth-order valence-corrected chi connectivity index (χ4v) is 5.92. The van der Waals surface area contributed by atoms with E-state index in [0.29, 0.717) is 32.8 Å². The number of morpholine rings is 1. The summed E-state index contributed by atoms with van der Waals surface area (Å²) in [6, 6.07) is 10.5. The van der Waals surface area contributed by atoms with Gasteiger partial charge in [0.1, 0.15) is 6.73 Å². The molecule has 3 aliphatic rings. The van der Waals surface area contributed by atoms with Crippen LogP contribution in [0.1, 0.15) is 36.9 Å². The zero-order valence-electron chi connectivity index (χ0n) is 21.4. The molecule has 3 heterocycles. The number of hydrogen-bond donors (Lipinski definition) is 1. The first-order valence-electron chi connectivity index (χ1n) is 12.8. The highest BCUT2D eigenvalue weighted by Crippen LogP contribution is 2.46. The number of ether oxygens (including phenoxy) is 2. The SMILES string of the molecule is CN(C)C1(c2ccccc2)CCC2(CC1)CN(c1cnc(N3CCOCC3)nc1C(F)(F)F)COCN2. The van der Waals surface area contributed by atoms with Gasteiger partial charge in [0.05, 0.1) is 31.8 Å². The van der Waals surface area contributed by atoms with Crippen molar-refractivity contribution in [3.8, 4) is 0 Å². The van der Waals surface area contributed by atoms with Gasteiger partial charge in [0.15, 0.2) is 5.69 Å². The Morgan fingerprint density at radius 3 is 2.32 bits per heavy atom. The van der Waals surface area contributed by atoms with Gasteiger partial charge in [-0.05, 0) is 45.3 Å². The maximum atomic E-state index is 14.2. The molecule has 5 rings (SSSR count). The summed E-state index contributed by atoms with van der Waals surface area (Å²) in [5.41, 5.74) is -0.196. The number of nitrogens with zero attached hydrogens (tertiary/aromatic N) is 5. The molecule has 0 radical (unpaired) electrons. The maximum Gasteiger partial charge on any atom is 0.435 e. The Balaban J connectivity index is 1.41. The van der Waals surface area contributed by atoms with Crippen molar-refractivity contribution in [3.05, 3.63) is 47.8 Å². The molecule has 0 atom stereocenters. The Morgan fingerprint density at radius 1 is 0.973 bits per heavy atom. The molecule has 0 bridgehead atoms. The van der Waals surface area contributed by atoms with Gasteiger partial charge in [0, 0.05) is 30.7 Å². The van der Waals surface area contributed by atoms with E-state index in [1.54, 1.807) is 9.80 Å². The molecule has 1 aromatic heterocycles. The lowest BCUT2D eigenvalue weighted by molar-refractivity contribution is -0.140. The minimum absolute atomic E-state index is 0.0373. The number of benzene rings is 1. The normalized spacial score (nSPS) is 27.5. The molecule has 3 fully saturated rings. The van der Waals surface area contributed by atoms with Crippen LogP contribution in [0, 0.1) is 0 Å². The third kappa shape index (κ3) is 5.27. The third-order valence-electron chi connectivity index (χ3n) is 8.15. The van der Waals surface area contributed by atoms with Crippen molar-refractivity contribution in [2.24, 2.45) is 0 Å². The highest BCUT2D eigenvalue weighted by atomic mass is 19.4. The van der Waals surface area contributed by atoms with E-state index in [0.717, 1.165) is 25.7 Å². The van der Waals surface area contributed by atoms with E-state index in [1.807, 2.05) is 6.07 Å². The average Bonchev–Trinajstić information content (AvgIpc) is 3.12. The van der Waals surface area contributed by atoms with Gasteiger partial charge in [-0.3, -0.25) is 10.2 Å². The summed E-state index contributed by atoms with van der Waals surface area (Å²) in [4.78, 5) is 14.0. The van der Waals surface area contributed by atoms with E-state index in [4.69, 9.17) is 9.47 Å². The summed E-state index contributed by atoms with van der Waals surface area (Å²) in [5, 5.41) is 3.52. The zero-order valence-corrected chi connectivity index (χ0v) is 21.4. The van der Waals surface area contributed by atoms with Crippen LogP contribution in [0.5, 0.6) is 0 Å². The molecule has 2 aromatic rings. The molecular weight excluding hydrogens is 485 g/mol. The molecule has 37 heavy (non-hydrogen) atoms. The quantitative estimate of drug-likeness (QED) is 0.658. The predicted molar refractivity (Wildman–Crippen MR) is 134 cm³/mol. The van der Waals surface area contributed by atoms with Crippen LogP contribution in [0.15, 0.2) is 36.5 Å². The van der Waals surface area contributed by atoms with Crippen LogP contribution < -0.4 is 15.1 Å². The molecule has 2 aliphatic heterocycles. The molecule has 1 spiro atoms. The molecule has 11 heteroatoms. The fourth-order valence-electron chi connectivity index (χ4n) is 5.92. The number of aromatic nitrogens is 2. The Bertz CT molecular complexity index is 1050. The molecule has 8 nitrogen and oxygen atoms in total. The van der Waals surface area contributed by atoms with Crippen molar-refractivity contribution in [1.29, 1.82) is 0 Å². The van der Waals surface area contributed by atoms with Crippen LogP contribution in [0.4, 0.5) is 24.8 Å². The molecule has 0 amide bonds. The van der Waals surface area contributed by atoms with E-state index in [1.165, 1.54) is 11.8 Å². The smallest absolute Gasteiger partial charge is 0.378 e. The van der Waals surface area contributed by atoms with Crippen molar-refractivity contribution in [2.75, 3.05) is 70.2 Å². The fraction of sp³-hybridized carbons (Fsp3) is 0.615. The number of rotatable bonds is 4. The summed E-state index contributed by atoms with van der Waals surface area (Å²) in [5.74, 6) is 0.0826. The Labute approximate surface area is 215 Å². The average molecular weight is 521 g/mol. The number of hydrogen-bond acceptors (Lipinski definition) is 8. The van der Waals surface area contributed by atoms with E-state index >= 15 is 0 Å². The first-order chi connectivity index (χ1) is 17.7. The Hall–Kier alpha value is -2.47. The van der Waals surface area contributed by atoms with Gasteiger partial charge < -0.3 is 19.3 Å². The van der Waals surface area contributed by atoms with E-state index in [2.05, 4.69) is 58.5 Å². The van der Waals surface area contributed by atoms with Gasteiger partial charge in [-0.25, -0.2) is 9.97 Å². The zero-order chi connectivity index (χ0) is 26.1. The van der Waals surface area contributed by atoms with Crippen LogP contribution in [0.2, 0.25) is 0 Å². The first-order valence-corrected chi connectivity index (χ1v) is 12.8. The van der Waals surface area contributed by atoms with Crippen LogP contribution in [-0.4, -0.2) is 80.8 Å². The minimum atomic E-state index is -4.62. The molecular formula is C26H35F3N6O2. The number of halogens is 3. The first kappa shape index (κ1) is 26.1. The van der Waals surface area contributed by atoms with Crippen molar-refractivity contribution in [3.63, 3.8) is 0 Å². The Kier molecular flexibility index (Phi) is 7.32. The summed E-state index contributed by atoms with van der Waals surface area (Å²) >= 11 is 0. The van der Waals surface area contributed by atoms with Crippen LogP contribution in [-0.2, 0) is 21.2 Å². The van der Waals surface area contributed by atoms with E-state index in [9.17, 15) is 13.2 Å². The second-order valence-electron chi connectivity index (χ2n) is 10.4. The largest absolute Gasteiger partial charge is 0.435 e. The monoisotopic (exact) mass is 520 g/mol. The van der Waals surface area contributed by atoms with Crippen molar-refractivity contribution in [1.82, 2.24) is 20.2 Å². The topological polar surface area (TPSA) is 66.0 Å². The van der Waals surface area contributed by atoms with Gasteiger partial charge in [0.2, 0.25) is 5.95 Å². The summed E-state index contributed by atoms with van der Waals surface area (Å²) in [6.07, 6.45) is 0.0426. The maximum absolute atomic E-state index is 14.2. The number of nitrogens with one attached hydrogen (secondary N) is 1. The van der Waals surface area contributed by atoms with Gasteiger partial charge in [-0.15, -0.1) is 0 Å². The van der Waals surface area contributed by atoms with Crippen molar-refractivity contribution >= 4 is 11.6 Å². The van der Waals surface area contributed by atoms with Gasteiger partial charge in [-0.2, -0.15) is 13.2 Å². The highest BCUT2D eigenvalue weighted by Gasteiger charge is 2.47. The minimum Gasteiger partial charge on any atom is -0.378 e. The van der Waals surface area contributed by atoms with Crippen LogP contribution in [0.25, 0.3) is 0 Å². The lowest BCUT2D eigenvalue weighted by Gasteiger charge is -2.50. The molecule has 1 saturated carbocycles. The van der Waals surface area contributed by atoms with Crippen LogP contribution >= 0.6 is 0 Å². The molecule has 2 saturated heterocycles. The molecule has 1 aromatic carbocycles. The van der Waals surface area contributed by atoms with Gasteiger partial charge >= 0.3 is 6.18 Å². The second-order valence-corrected chi connectivity index (χ2v) is 10.4. The predicted octanol–water partition coefficient (Wildman–Crippen LogP) is 3.44. The lowest BCUT2D eigenvalue weighted by atomic mass is 9.68. The van der Waals surface area contributed by atoms with Gasteiger partial charge in [-0.1, -0.05) is 30.3 Å². The van der Waals surface area contributed by atoms with E-state index in [-0.39, 0.29) is 36.2 Å². The Morgan fingerprint density at radius 2 is 1.68 bits per heavy atom. The highest BCUT2D eigenvalue weighted by molar-refractivity contribution is 5.53. The summed E-state index contributed by atoms with van der Waals surface area (Å²) < 4.78 is 53.8. The molecule has 1 aliphatic carbocycles. The number of alkyl halides is 3. The van der Waals surface area contributed by atoms with Crippen molar-refractivity contribution in [2.45, 2.75) is 42.9 Å².